The first kappa shape index (κ1) is 19.9. The third-order valence-corrected chi connectivity index (χ3v) is 5.17. The zero-order chi connectivity index (χ0) is 19.9. The Hall–Kier alpha value is -2.87. The number of carbonyl (C=O) groups is 1. The van der Waals surface area contributed by atoms with Crippen molar-refractivity contribution in [1.82, 2.24) is 20.2 Å². The lowest BCUT2D eigenvalue weighted by molar-refractivity contribution is -0.119. The molecule has 1 aromatic heterocycles. The Balaban J connectivity index is 1.50. The van der Waals surface area contributed by atoms with Crippen molar-refractivity contribution in [3.05, 3.63) is 66.0 Å². The van der Waals surface area contributed by atoms with Gasteiger partial charge >= 0.3 is 0 Å². The summed E-state index contributed by atoms with van der Waals surface area (Å²) in [6.45, 7) is 1.98. The summed E-state index contributed by atoms with van der Waals surface area (Å²) in [5, 5.41) is 11.2. The number of nitrogens with two attached hydrogens (primary N) is 1. The molecule has 2 aromatic carbocycles. The van der Waals surface area contributed by atoms with Crippen molar-refractivity contribution >= 4 is 17.7 Å². The Morgan fingerprint density at radius 3 is 2.64 bits per heavy atom. The van der Waals surface area contributed by atoms with Crippen LogP contribution in [0.5, 0.6) is 0 Å². The predicted molar refractivity (Wildman–Crippen MR) is 109 cm³/mol. The predicted octanol–water partition coefficient (Wildman–Crippen LogP) is 3.03. The van der Waals surface area contributed by atoms with Gasteiger partial charge in [-0.3, -0.25) is 4.79 Å². The second kappa shape index (κ2) is 9.36. The molecule has 3 aromatic rings. The van der Waals surface area contributed by atoms with Crippen LogP contribution in [0.1, 0.15) is 18.9 Å². The molecule has 0 saturated heterocycles. The summed E-state index contributed by atoms with van der Waals surface area (Å²) in [7, 11) is 0. The third-order valence-electron chi connectivity index (χ3n) is 4.23. The minimum absolute atomic E-state index is 0.0537. The fourth-order valence-corrected chi connectivity index (χ4v) is 3.42. The van der Waals surface area contributed by atoms with Crippen LogP contribution in [0.25, 0.3) is 11.4 Å². The van der Waals surface area contributed by atoms with E-state index < -0.39 is 5.82 Å². The van der Waals surface area contributed by atoms with Crippen LogP contribution < -0.4 is 11.2 Å². The minimum Gasteiger partial charge on any atom is -0.353 e. The molecule has 0 bridgehead atoms. The molecule has 0 aliphatic rings. The smallest absolute Gasteiger partial charge is 0.230 e. The Morgan fingerprint density at radius 1 is 1.18 bits per heavy atom. The topological polar surface area (TPSA) is 85.8 Å². The van der Waals surface area contributed by atoms with E-state index in [-0.39, 0.29) is 29.1 Å². The molecule has 6 nitrogen and oxygen atoms in total. The molecule has 0 aliphatic heterocycles. The van der Waals surface area contributed by atoms with E-state index in [4.69, 9.17) is 5.84 Å². The molecule has 0 fully saturated rings. The summed E-state index contributed by atoms with van der Waals surface area (Å²) >= 11 is 1.16. The van der Waals surface area contributed by atoms with Crippen molar-refractivity contribution in [2.24, 2.45) is 0 Å². The molecule has 8 heteroatoms. The summed E-state index contributed by atoms with van der Waals surface area (Å²) in [4.78, 5) is 12.2. The molecule has 0 saturated carbocycles. The summed E-state index contributed by atoms with van der Waals surface area (Å²) in [5.74, 6) is 5.81. The van der Waals surface area contributed by atoms with E-state index in [2.05, 4.69) is 27.6 Å². The highest BCUT2D eigenvalue weighted by molar-refractivity contribution is 7.99. The van der Waals surface area contributed by atoms with Gasteiger partial charge in [0.25, 0.3) is 0 Å². The SMILES string of the molecule is C[C@H](CCc1ccccc1)NC(=O)CSc1nnc(-c2ccccc2F)n1N. The second-order valence-electron chi connectivity index (χ2n) is 6.44. The number of nitrogen functional groups attached to an aromatic ring is 1. The van der Waals surface area contributed by atoms with Gasteiger partial charge in [-0.25, -0.2) is 9.07 Å². The monoisotopic (exact) mass is 399 g/mol. The first-order valence-electron chi connectivity index (χ1n) is 8.96. The number of thioether (sulfide) groups is 1. The normalized spacial score (nSPS) is 11.9. The average Bonchev–Trinajstić information content (AvgIpc) is 3.06. The first-order valence-corrected chi connectivity index (χ1v) is 9.94. The lowest BCUT2D eigenvalue weighted by Crippen LogP contribution is -2.34. The number of nitrogens with zero attached hydrogens (tertiary/aromatic N) is 3. The summed E-state index contributed by atoms with van der Waals surface area (Å²) in [5.41, 5.74) is 1.51. The number of rotatable bonds is 8. The zero-order valence-electron chi connectivity index (χ0n) is 15.5. The van der Waals surface area contributed by atoms with Crippen molar-refractivity contribution in [2.45, 2.75) is 31.0 Å². The van der Waals surface area contributed by atoms with Gasteiger partial charge in [-0.2, -0.15) is 0 Å². The quantitative estimate of drug-likeness (QED) is 0.449. The zero-order valence-corrected chi connectivity index (χ0v) is 16.3. The molecule has 3 rings (SSSR count). The lowest BCUT2D eigenvalue weighted by atomic mass is 10.1. The minimum atomic E-state index is -0.428. The van der Waals surface area contributed by atoms with Crippen LogP contribution in [0.15, 0.2) is 59.8 Å². The van der Waals surface area contributed by atoms with Crippen LogP contribution in [0, 0.1) is 5.82 Å². The highest BCUT2D eigenvalue weighted by atomic mass is 32.2. The van der Waals surface area contributed by atoms with Gasteiger partial charge in [0.05, 0.1) is 11.3 Å². The van der Waals surface area contributed by atoms with Gasteiger partial charge in [0.1, 0.15) is 5.82 Å². The largest absolute Gasteiger partial charge is 0.353 e. The van der Waals surface area contributed by atoms with Crippen LogP contribution in [0.4, 0.5) is 4.39 Å². The van der Waals surface area contributed by atoms with Crippen LogP contribution in [-0.4, -0.2) is 32.6 Å². The van der Waals surface area contributed by atoms with Crippen LogP contribution in [0.2, 0.25) is 0 Å². The van der Waals surface area contributed by atoms with Crippen molar-refractivity contribution < 1.29 is 9.18 Å². The highest BCUT2D eigenvalue weighted by Crippen LogP contribution is 2.23. The lowest BCUT2D eigenvalue weighted by Gasteiger charge is -2.13. The number of halogens is 1. The third kappa shape index (κ3) is 5.10. The molecular weight excluding hydrogens is 377 g/mol. The standard InChI is InChI=1S/C20H22FN5OS/c1-14(11-12-15-7-3-2-4-8-15)23-18(27)13-28-20-25-24-19(26(20)22)16-9-5-6-10-17(16)21/h2-10,14H,11-13,22H2,1H3,(H,23,27)/t14-/m1/s1. The van der Waals surface area contributed by atoms with E-state index in [9.17, 15) is 9.18 Å². The molecule has 0 aliphatic carbocycles. The van der Waals surface area contributed by atoms with Gasteiger partial charge in [-0.15, -0.1) is 10.2 Å². The van der Waals surface area contributed by atoms with Gasteiger partial charge in [0, 0.05) is 6.04 Å². The Labute approximate surface area is 167 Å². The fraction of sp³-hybridized carbons (Fsp3) is 0.250. The van der Waals surface area contributed by atoms with Crippen LogP contribution in [0.3, 0.4) is 0 Å². The Kier molecular flexibility index (Phi) is 6.65. The fourth-order valence-electron chi connectivity index (χ4n) is 2.75. The van der Waals surface area contributed by atoms with Gasteiger partial charge < -0.3 is 11.2 Å². The Morgan fingerprint density at radius 2 is 1.89 bits per heavy atom. The van der Waals surface area contributed by atoms with Gasteiger partial charge in [-0.1, -0.05) is 54.2 Å². The van der Waals surface area contributed by atoms with Crippen molar-refractivity contribution in [2.75, 3.05) is 11.6 Å². The molecule has 1 heterocycles. The maximum atomic E-state index is 13.9. The second-order valence-corrected chi connectivity index (χ2v) is 7.38. The molecule has 146 valence electrons. The van der Waals surface area contributed by atoms with Gasteiger partial charge in [-0.05, 0) is 37.5 Å². The van der Waals surface area contributed by atoms with Crippen LogP contribution >= 0.6 is 11.8 Å². The van der Waals surface area contributed by atoms with E-state index in [0.29, 0.717) is 5.16 Å². The van der Waals surface area contributed by atoms with Gasteiger partial charge in [0.2, 0.25) is 11.1 Å². The maximum absolute atomic E-state index is 13.9. The maximum Gasteiger partial charge on any atom is 0.230 e. The van der Waals surface area contributed by atoms with Gasteiger partial charge in [0.15, 0.2) is 5.82 Å². The molecule has 1 atom stereocenters. The van der Waals surface area contributed by atoms with Crippen molar-refractivity contribution in [3.63, 3.8) is 0 Å². The van der Waals surface area contributed by atoms with Crippen LogP contribution in [-0.2, 0) is 11.2 Å². The molecule has 1 amide bonds. The molecule has 0 radical (unpaired) electrons. The number of aryl methyl sites for hydroxylation is 1. The van der Waals surface area contributed by atoms with E-state index in [1.165, 1.54) is 16.3 Å². The van der Waals surface area contributed by atoms with Crippen molar-refractivity contribution in [3.8, 4) is 11.4 Å². The number of carbonyl (C=O) groups excluding carboxylic acids is 1. The summed E-state index contributed by atoms with van der Waals surface area (Å²) < 4.78 is 15.1. The highest BCUT2D eigenvalue weighted by Gasteiger charge is 2.16. The number of nitrogens with one attached hydrogen (secondary N) is 1. The van der Waals surface area contributed by atoms with E-state index in [0.717, 1.165) is 24.6 Å². The number of hydrogen-bond acceptors (Lipinski definition) is 5. The molecule has 0 spiro atoms. The Bertz CT molecular complexity index is 931. The first-order chi connectivity index (χ1) is 13.5. The van der Waals surface area contributed by atoms with E-state index in [1.807, 2.05) is 25.1 Å². The number of hydrogen-bond donors (Lipinski definition) is 2. The number of amides is 1. The molecule has 0 unspecified atom stereocenters. The molecule has 3 N–H and O–H groups in total. The average molecular weight is 399 g/mol. The van der Waals surface area contributed by atoms with E-state index >= 15 is 0 Å². The number of aromatic nitrogens is 3. The van der Waals surface area contributed by atoms with E-state index in [1.54, 1.807) is 18.2 Å². The molecular formula is C20H22FN5OS. The summed E-state index contributed by atoms with van der Waals surface area (Å²) in [6, 6.07) is 16.4. The number of benzene rings is 2. The molecule has 28 heavy (non-hydrogen) atoms. The van der Waals surface area contributed by atoms with Crippen molar-refractivity contribution in [1.29, 1.82) is 0 Å². The summed E-state index contributed by atoms with van der Waals surface area (Å²) in [6.07, 6.45) is 1.75.